The van der Waals surface area contributed by atoms with Crippen molar-refractivity contribution in [3.05, 3.63) is 64.7 Å². The fourth-order valence-electron chi connectivity index (χ4n) is 2.37. The molecular weight excluding hydrogens is 356 g/mol. The number of hydrogen-bond acceptors (Lipinski definition) is 4. The Kier molecular flexibility index (Phi) is 7.29. The van der Waals surface area contributed by atoms with Crippen LogP contribution in [0.15, 0.2) is 48.5 Å². The van der Waals surface area contributed by atoms with Crippen molar-refractivity contribution in [2.75, 3.05) is 13.2 Å². The Balaban J connectivity index is 1.84. The normalized spacial score (nSPS) is 11.5. The summed E-state index contributed by atoms with van der Waals surface area (Å²) in [6.45, 7) is 2.29. The van der Waals surface area contributed by atoms with Gasteiger partial charge in [0.25, 0.3) is 0 Å². The first-order valence-corrected chi connectivity index (χ1v) is 8.49. The molecule has 1 atom stereocenters. The van der Waals surface area contributed by atoms with Crippen molar-refractivity contribution in [1.82, 2.24) is 5.32 Å². The minimum atomic E-state index is -0.722. The van der Waals surface area contributed by atoms with E-state index in [0.29, 0.717) is 10.6 Å². The Morgan fingerprint density at radius 2 is 1.81 bits per heavy atom. The molecule has 0 saturated carbocycles. The van der Waals surface area contributed by atoms with E-state index in [2.05, 4.69) is 5.32 Å². The maximum absolute atomic E-state index is 12.1. The van der Waals surface area contributed by atoms with Crippen molar-refractivity contribution in [3.63, 3.8) is 0 Å². The number of carbonyl (C=O) groups excluding carboxylic acids is 2. The van der Waals surface area contributed by atoms with E-state index in [4.69, 9.17) is 26.8 Å². The first kappa shape index (κ1) is 19.6. The number of carbonyl (C=O) groups is 2. The lowest BCUT2D eigenvalue weighted by atomic mass is 10.0. The molecule has 7 heteroatoms. The highest BCUT2D eigenvalue weighted by Crippen LogP contribution is 2.20. The maximum atomic E-state index is 12.1. The van der Waals surface area contributed by atoms with Crippen LogP contribution in [-0.2, 0) is 9.53 Å². The van der Waals surface area contributed by atoms with Crippen LogP contribution in [0.4, 0.5) is 4.79 Å². The number of hydrogen-bond donors (Lipinski definition) is 2. The molecule has 0 heterocycles. The Morgan fingerprint density at radius 1 is 1.12 bits per heavy atom. The standard InChI is InChI=1S/C19H21ClN2O4/c1-13-4-2-3-5-17(13)25-10-11-26-18(23)12-16(22-19(21)24)14-6-8-15(20)9-7-14/h2-9,16H,10-12H2,1H3,(H3,21,22,24)/t16-/m1/s1. The molecule has 0 radical (unpaired) electrons. The fraction of sp³-hybridized carbons (Fsp3) is 0.263. The van der Waals surface area contributed by atoms with Crippen molar-refractivity contribution in [2.24, 2.45) is 5.73 Å². The molecule has 0 aliphatic carbocycles. The molecule has 3 N–H and O–H groups in total. The second-order valence-electron chi connectivity index (χ2n) is 5.65. The Hall–Kier alpha value is -2.73. The average molecular weight is 377 g/mol. The lowest BCUT2D eigenvalue weighted by molar-refractivity contribution is -0.144. The Morgan fingerprint density at radius 3 is 2.46 bits per heavy atom. The molecule has 2 aromatic carbocycles. The molecule has 0 aliphatic heterocycles. The van der Waals surface area contributed by atoms with Crippen LogP contribution >= 0.6 is 11.6 Å². The van der Waals surface area contributed by atoms with Gasteiger partial charge in [-0.25, -0.2) is 4.79 Å². The smallest absolute Gasteiger partial charge is 0.312 e. The first-order valence-electron chi connectivity index (χ1n) is 8.11. The third-order valence-electron chi connectivity index (χ3n) is 3.66. The summed E-state index contributed by atoms with van der Waals surface area (Å²) < 4.78 is 10.8. The van der Waals surface area contributed by atoms with Crippen LogP contribution in [0.1, 0.15) is 23.6 Å². The number of primary amides is 1. The molecular formula is C19H21ClN2O4. The monoisotopic (exact) mass is 376 g/mol. The number of nitrogens with one attached hydrogen (secondary N) is 1. The van der Waals surface area contributed by atoms with Crippen LogP contribution < -0.4 is 15.8 Å². The molecule has 26 heavy (non-hydrogen) atoms. The van der Waals surface area contributed by atoms with Gasteiger partial charge < -0.3 is 20.5 Å². The summed E-state index contributed by atoms with van der Waals surface area (Å²) in [5.74, 6) is 0.282. The van der Waals surface area contributed by atoms with Crippen molar-refractivity contribution in [3.8, 4) is 5.75 Å². The molecule has 0 aromatic heterocycles. The number of aryl methyl sites for hydroxylation is 1. The van der Waals surface area contributed by atoms with Crippen LogP contribution in [0.2, 0.25) is 5.02 Å². The third kappa shape index (κ3) is 6.29. The minimum absolute atomic E-state index is 0.0467. The van der Waals surface area contributed by atoms with Gasteiger partial charge in [0.05, 0.1) is 12.5 Å². The number of urea groups is 1. The second-order valence-corrected chi connectivity index (χ2v) is 6.09. The highest BCUT2D eigenvalue weighted by atomic mass is 35.5. The molecule has 6 nitrogen and oxygen atoms in total. The van der Waals surface area contributed by atoms with E-state index in [0.717, 1.165) is 11.3 Å². The molecule has 0 spiro atoms. The SMILES string of the molecule is Cc1ccccc1OCCOC(=O)C[C@@H](NC(N)=O)c1ccc(Cl)cc1. The van der Waals surface area contributed by atoms with Gasteiger partial charge in [-0.05, 0) is 36.2 Å². The van der Waals surface area contributed by atoms with Gasteiger partial charge in [0, 0.05) is 5.02 Å². The molecule has 2 rings (SSSR count). The number of ether oxygens (including phenoxy) is 2. The number of para-hydroxylation sites is 1. The van der Waals surface area contributed by atoms with Crippen molar-refractivity contribution in [2.45, 2.75) is 19.4 Å². The Labute approximate surface area is 157 Å². The molecule has 0 aliphatic rings. The minimum Gasteiger partial charge on any atom is -0.490 e. The number of rotatable bonds is 8. The molecule has 0 unspecified atom stereocenters. The summed E-state index contributed by atoms with van der Waals surface area (Å²) >= 11 is 5.86. The quantitative estimate of drug-likeness (QED) is 0.546. The average Bonchev–Trinajstić information content (AvgIpc) is 2.60. The van der Waals surface area contributed by atoms with E-state index in [1.807, 2.05) is 31.2 Å². The van der Waals surface area contributed by atoms with Gasteiger partial charge in [-0.2, -0.15) is 0 Å². The third-order valence-corrected chi connectivity index (χ3v) is 3.91. The summed E-state index contributed by atoms with van der Waals surface area (Å²) in [6, 6.07) is 13.1. The Bertz CT molecular complexity index is 749. The highest BCUT2D eigenvalue weighted by molar-refractivity contribution is 6.30. The van der Waals surface area contributed by atoms with Crippen LogP contribution in [0.3, 0.4) is 0 Å². The summed E-state index contributed by atoms with van der Waals surface area (Å²) in [5.41, 5.74) is 6.90. The number of halogens is 1. The summed E-state index contributed by atoms with van der Waals surface area (Å²) in [7, 11) is 0. The molecule has 0 bridgehead atoms. The summed E-state index contributed by atoms with van der Waals surface area (Å²) in [4.78, 5) is 23.3. The zero-order chi connectivity index (χ0) is 18.9. The molecule has 2 aromatic rings. The van der Waals surface area contributed by atoms with Crippen LogP contribution in [0.5, 0.6) is 5.75 Å². The van der Waals surface area contributed by atoms with Gasteiger partial charge in [0.15, 0.2) is 0 Å². The van der Waals surface area contributed by atoms with Crippen LogP contribution in [-0.4, -0.2) is 25.2 Å². The largest absolute Gasteiger partial charge is 0.490 e. The number of amides is 2. The fourth-order valence-corrected chi connectivity index (χ4v) is 2.50. The van der Waals surface area contributed by atoms with Crippen LogP contribution in [0.25, 0.3) is 0 Å². The van der Waals surface area contributed by atoms with Crippen LogP contribution in [0, 0.1) is 6.92 Å². The molecule has 138 valence electrons. The number of benzene rings is 2. The maximum Gasteiger partial charge on any atom is 0.312 e. The van der Waals surface area contributed by atoms with Gasteiger partial charge in [-0.15, -0.1) is 0 Å². The van der Waals surface area contributed by atoms with Gasteiger partial charge in [-0.3, -0.25) is 4.79 Å². The zero-order valence-electron chi connectivity index (χ0n) is 14.4. The van der Waals surface area contributed by atoms with Gasteiger partial charge in [0.2, 0.25) is 0 Å². The highest BCUT2D eigenvalue weighted by Gasteiger charge is 2.18. The summed E-state index contributed by atoms with van der Waals surface area (Å²) in [6.07, 6.45) is -0.0467. The predicted molar refractivity (Wildman–Crippen MR) is 99.2 cm³/mol. The van der Waals surface area contributed by atoms with Crippen molar-refractivity contribution in [1.29, 1.82) is 0 Å². The number of esters is 1. The molecule has 0 saturated heterocycles. The van der Waals surface area contributed by atoms with Crippen molar-refractivity contribution < 1.29 is 19.1 Å². The zero-order valence-corrected chi connectivity index (χ0v) is 15.2. The van der Waals surface area contributed by atoms with Crippen molar-refractivity contribution >= 4 is 23.6 Å². The lowest BCUT2D eigenvalue weighted by Gasteiger charge is -2.17. The van der Waals surface area contributed by atoms with E-state index in [1.165, 1.54) is 0 Å². The van der Waals surface area contributed by atoms with E-state index < -0.39 is 18.0 Å². The molecule has 0 fully saturated rings. The number of nitrogens with two attached hydrogens (primary N) is 1. The van der Waals surface area contributed by atoms with E-state index in [1.54, 1.807) is 24.3 Å². The predicted octanol–water partition coefficient (Wildman–Crippen LogP) is 3.37. The topological polar surface area (TPSA) is 90.7 Å². The van der Waals surface area contributed by atoms with E-state index in [-0.39, 0.29) is 19.6 Å². The van der Waals surface area contributed by atoms with Gasteiger partial charge >= 0.3 is 12.0 Å². The second kappa shape index (κ2) is 9.68. The summed E-state index contributed by atoms with van der Waals surface area (Å²) in [5, 5.41) is 3.09. The van der Waals surface area contributed by atoms with Gasteiger partial charge in [0.1, 0.15) is 19.0 Å². The molecule has 2 amide bonds. The van der Waals surface area contributed by atoms with E-state index in [9.17, 15) is 9.59 Å². The first-order chi connectivity index (χ1) is 12.5. The van der Waals surface area contributed by atoms with E-state index >= 15 is 0 Å². The van der Waals surface area contributed by atoms with Gasteiger partial charge in [-0.1, -0.05) is 41.9 Å². The lowest BCUT2D eigenvalue weighted by Crippen LogP contribution is -2.34.